The van der Waals surface area contributed by atoms with Crippen LogP contribution in [0.2, 0.25) is 0 Å². The van der Waals surface area contributed by atoms with Crippen LogP contribution < -0.4 is 31.9 Å². The molecule has 0 radical (unpaired) electrons. The molecular weight excluding hydrogens is 847 g/mol. The van der Waals surface area contributed by atoms with Crippen LogP contribution >= 0.6 is 17.2 Å². The van der Waals surface area contributed by atoms with Crippen molar-refractivity contribution in [1.29, 1.82) is 0 Å². The van der Waals surface area contributed by atoms with E-state index < -0.39 is 22.8 Å². The van der Waals surface area contributed by atoms with Crippen molar-refractivity contribution < 1.29 is 31.9 Å². The van der Waals surface area contributed by atoms with Crippen LogP contribution in [0.4, 0.5) is 0 Å². The van der Waals surface area contributed by atoms with Crippen LogP contribution in [0.15, 0.2) is 133 Å². The minimum atomic E-state index is -2.06. The van der Waals surface area contributed by atoms with Gasteiger partial charge in [-0.2, -0.15) is 0 Å². The second-order valence-corrected chi connectivity index (χ2v) is 21.7. The highest BCUT2D eigenvalue weighted by Crippen LogP contribution is 2.51. The van der Waals surface area contributed by atoms with E-state index in [4.69, 9.17) is 31.9 Å². The van der Waals surface area contributed by atoms with Gasteiger partial charge in [-0.25, -0.2) is 0 Å². The van der Waals surface area contributed by atoms with Crippen LogP contribution in [-0.2, 0) is 5.41 Å². The maximum Gasteiger partial charge on any atom is 0.530 e. The van der Waals surface area contributed by atoms with Gasteiger partial charge in [-0.3, -0.25) is 0 Å². The number of rotatable bonds is 18. The van der Waals surface area contributed by atoms with E-state index in [1.807, 2.05) is 106 Å². The first kappa shape index (κ1) is 49.2. The number of ether oxygens (including phenoxy) is 1. The van der Waals surface area contributed by atoms with Gasteiger partial charge in [0.15, 0.2) is 0 Å². The molecule has 0 heterocycles. The molecule has 344 valence electrons. The number of hydrogen-bond donors (Lipinski definition) is 0. The van der Waals surface area contributed by atoms with Crippen LogP contribution in [0.3, 0.4) is 0 Å². The molecule has 0 aromatic heterocycles. The molecule has 6 aromatic rings. The third-order valence-electron chi connectivity index (χ3n) is 10.7. The molecule has 0 saturated carbocycles. The molecule has 0 fully saturated rings. The van der Waals surface area contributed by atoms with E-state index in [1.165, 1.54) is 0 Å². The molecule has 0 aliphatic rings. The lowest BCUT2D eigenvalue weighted by Gasteiger charge is -2.26. The van der Waals surface area contributed by atoms with Gasteiger partial charge in [0.2, 0.25) is 0 Å². The average Bonchev–Trinajstić information content (AvgIpc) is 3.23. The Balaban J connectivity index is 1.50. The van der Waals surface area contributed by atoms with Gasteiger partial charge in [0.05, 0.1) is 0 Å². The summed E-state index contributed by atoms with van der Waals surface area (Å²) in [6, 6.07) is 44.5. The molecule has 0 bridgehead atoms. The molecule has 0 aliphatic carbocycles. The summed E-state index contributed by atoms with van der Waals surface area (Å²) in [6.07, 6.45) is 0. The van der Waals surface area contributed by atoms with Crippen molar-refractivity contribution in [2.75, 3.05) is 0 Å². The van der Waals surface area contributed by atoms with Gasteiger partial charge in [0.1, 0.15) is 45.8 Å². The maximum atomic E-state index is 7.01. The fourth-order valence-corrected chi connectivity index (χ4v) is 8.85. The van der Waals surface area contributed by atoms with Crippen LogP contribution in [-0.4, -0.2) is 5.60 Å². The summed E-state index contributed by atoms with van der Waals surface area (Å²) in [6.45, 7) is 30.0. The van der Waals surface area contributed by atoms with Crippen LogP contribution in [0.5, 0.6) is 40.2 Å². The molecule has 0 aliphatic heterocycles. The SMILES string of the molecule is CC(C)c1cccc(OP(Oc2cccc(C(C)C)c2)Oc2ccc(OC(C)(C)C)cc2-c2cc(C(C)(C)C)ccc2OP(Oc2cccc(C(C)C)c2)Oc2cccc(C(C)C)c2)c1. The fraction of sp³-hybridized carbons (Fsp3) is 0.357. The highest BCUT2D eigenvalue weighted by atomic mass is 31.2. The van der Waals surface area contributed by atoms with Gasteiger partial charge in [-0.15, -0.1) is 0 Å². The topological polar surface area (TPSA) is 64.6 Å². The molecule has 0 atom stereocenters. The molecule has 0 saturated heterocycles. The van der Waals surface area contributed by atoms with E-state index in [1.54, 1.807) is 0 Å². The minimum Gasteiger partial charge on any atom is -0.488 e. The third kappa shape index (κ3) is 14.1. The Morgan fingerprint density at radius 3 is 1.02 bits per heavy atom. The average molecular weight is 915 g/mol. The monoisotopic (exact) mass is 914 g/mol. The summed E-state index contributed by atoms with van der Waals surface area (Å²) in [4.78, 5) is 0. The molecular formula is C56H68O7P2. The molecule has 65 heavy (non-hydrogen) atoms. The zero-order chi connectivity index (χ0) is 47.1. The Bertz CT molecular complexity index is 2390. The van der Waals surface area contributed by atoms with Gasteiger partial charge in [0.25, 0.3) is 0 Å². The van der Waals surface area contributed by atoms with Gasteiger partial charge in [-0.1, -0.05) is 131 Å². The predicted octanol–water partition coefficient (Wildman–Crippen LogP) is 17.8. The fourth-order valence-electron chi connectivity index (χ4n) is 6.84. The Morgan fingerprint density at radius 2 is 0.692 bits per heavy atom. The van der Waals surface area contributed by atoms with Gasteiger partial charge in [-0.05, 0) is 157 Å². The highest BCUT2D eigenvalue weighted by molar-refractivity contribution is 7.43. The van der Waals surface area contributed by atoms with E-state index in [0.29, 0.717) is 63.9 Å². The van der Waals surface area contributed by atoms with Gasteiger partial charge >= 0.3 is 17.2 Å². The van der Waals surface area contributed by atoms with E-state index in [2.05, 4.69) is 125 Å². The molecule has 0 spiro atoms. The summed E-state index contributed by atoms with van der Waals surface area (Å²) in [5, 5.41) is 0. The third-order valence-corrected chi connectivity index (χ3v) is 12.8. The molecule has 0 N–H and O–H groups in total. The van der Waals surface area contributed by atoms with Crippen molar-refractivity contribution in [3.63, 3.8) is 0 Å². The van der Waals surface area contributed by atoms with Crippen LogP contribution in [0.1, 0.15) is 148 Å². The van der Waals surface area contributed by atoms with Crippen LogP contribution in [0.25, 0.3) is 11.1 Å². The number of benzene rings is 6. The predicted molar refractivity (Wildman–Crippen MR) is 271 cm³/mol. The molecule has 0 amide bonds. The van der Waals surface area contributed by atoms with Crippen molar-refractivity contribution in [3.8, 4) is 51.4 Å². The summed E-state index contributed by atoms with van der Waals surface area (Å²) in [5.41, 5.74) is 6.50. The molecule has 6 aromatic carbocycles. The number of hydrogen-bond acceptors (Lipinski definition) is 7. The van der Waals surface area contributed by atoms with Crippen molar-refractivity contribution in [2.45, 2.75) is 132 Å². The zero-order valence-corrected chi connectivity index (χ0v) is 42.6. The first-order valence-electron chi connectivity index (χ1n) is 22.8. The molecule has 9 heteroatoms. The lowest BCUT2D eigenvalue weighted by molar-refractivity contribution is 0.131. The van der Waals surface area contributed by atoms with Crippen molar-refractivity contribution in [2.24, 2.45) is 0 Å². The van der Waals surface area contributed by atoms with E-state index in [0.717, 1.165) is 38.9 Å². The summed E-state index contributed by atoms with van der Waals surface area (Å²) in [5.74, 6) is 5.58. The Morgan fingerprint density at radius 1 is 0.354 bits per heavy atom. The minimum absolute atomic E-state index is 0.207. The van der Waals surface area contributed by atoms with Crippen LogP contribution in [0, 0.1) is 0 Å². The van der Waals surface area contributed by atoms with E-state index in [9.17, 15) is 0 Å². The van der Waals surface area contributed by atoms with Crippen molar-refractivity contribution in [1.82, 2.24) is 0 Å². The summed E-state index contributed by atoms with van der Waals surface area (Å²) >= 11 is 0. The van der Waals surface area contributed by atoms with Crippen molar-refractivity contribution in [3.05, 3.63) is 161 Å². The largest absolute Gasteiger partial charge is 0.530 e. The second-order valence-electron chi connectivity index (χ2n) is 19.7. The zero-order valence-electron chi connectivity index (χ0n) is 40.8. The van der Waals surface area contributed by atoms with Crippen molar-refractivity contribution >= 4 is 17.2 Å². The summed E-state index contributed by atoms with van der Waals surface area (Å²) < 4.78 is 47.3. The lowest BCUT2D eigenvalue weighted by atomic mass is 9.85. The molecule has 0 unspecified atom stereocenters. The standard InChI is InChI=1S/C56H68O7P2/c1-37(2)41-19-15-23-47(31-41)58-64(59-48-24-16-20-42(32-48)38(3)4)62-53-29-27-45(55(9,10)11)35-51(53)52-36-46(57-56(12,13)14)28-30-54(52)63-65(60-49-25-17-21-43(33-49)39(5)6)61-50-26-18-22-44(34-50)40(7)8/h15-40H,1-14H3. The lowest BCUT2D eigenvalue weighted by Crippen LogP contribution is -2.22. The molecule has 7 nitrogen and oxygen atoms in total. The first-order chi connectivity index (χ1) is 30.7. The molecule has 6 rings (SSSR count). The maximum absolute atomic E-state index is 7.01. The quantitative estimate of drug-likeness (QED) is 0.0796. The van der Waals surface area contributed by atoms with E-state index in [-0.39, 0.29) is 5.41 Å². The Kier molecular flexibility index (Phi) is 16.2. The van der Waals surface area contributed by atoms with Gasteiger partial charge in [0, 0.05) is 11.1 Å². The first-order valence-corrected chi connectivity index (χ1v) is 25.0. The summed E-state index contributed by atoms with van der Waals surface area (Å²) in [7, 11) is -4.12. The normalized spacial score (nSPS) is 12.1. The van der Waals surface area contributed by atoms with E-state index >= 15 is 0 Å². The Hall–Kier alpha value is -5.22. The highest BCUT2D eigenvalue weighted by Gasteiger charge is 2.29. The van der Waals surface area contributed by atoms with Gasteiger partial charge < -0.3 is 31.9 Å². The second kappa shape index (κ2) is 21.4. The smallest absolute Gasteiger partial charge is 0.488 e. The Labute approximate surface area is 391 Å².